The molecule has 0 atom stereocenters. The Bertz CT molecular complexity index is 635. The van der Waals surface area contributed by atoms with Crippen LogP contribution in [0.4, 0.5) is 5.00 Å². The molecule has 2 N–H and O–H groups in total. The van der Waals surface area contributed by atoms with Gasteiger partial charge in [-0.05, 0) is 28.9 Å². The predicted octanol–water partition coefficient (Wildman–Crippen LogP) is 2.58. The third-order valence-electron chi connectivity index (χ3n) is 2.31. The maximum atomic E-state index is 12.0. The number of nitrogens with one attached hydrogen (secondary N) is 2. The van der Waals surface area contributed by atoms with Gasteiger partial charge in [-0.1, -0.05) is 0 Å². The van der Waals surface area contributed by atoms with Crippen molar-refractivity contribution in [1.29, 1.82) is 0 Å². The van der Waals surface area contributed by atoms with Gasteiger partial charge in [-0.25, -0.2) is 4.79 Å². The van der Waals surface area contributed by atoms with Gasteiger partial charge < -0.3 is 10.1 Å². The number of nitrogens with zero attached hydrogens (tertiary/aromatic N) is 1. The summed E-state index contributed by atoms with van der Waals surface area (Å²) in [5.74, 6) is -0.861. The second-order valence-electron chi connectivity index (χ2n) is 3.64. The molecule has 0 unspecified atom stereocenters. The van der Waals surface area contributed by atoms with E-state index >= 15 is 0 Å². The Kier molecular flexibility index (Phi) is 4.01. The molecule has 0 spiro atoms. The van der Waals surface area contributed by atoms with Crippen molar-refractivity contribution in [2.24, 2.45) is 0 Å². The second kappa shape index (κ2) is 5.54. The molecule has 0 aliphatic heterocycles. The number of aryl methyl sites for hydroxylation is 1. The molecule has 2 rings (SSSR count). The molecule has 0 saturated heterocycles. The van der Waals surface area contributed by atoms with Crippen molar-refractivity contribution in [1.82, 2.24) is 10.2 Å². The number of hydrogen-bond donors (Lipinski definition) is 2. The standard InChI is InChI=1S/C11H10BrN3O3S/c1-5-3-6(11(17)18-2)10(19-5)14-9(16)8-7(12)4-13-15-8/h3-4H,1-2H3,(H,13,15)(H,14,16). The van der Waals surface area contributed by atoms with Crippen LogP contribution in [-0.2, 0) is 4.74 Å². The summed E-state index contributed by atoms with van der Waals surface area (Å²) >= 11 is 4.51. The number of H-pyrrole nitrogens is 1. The molecule has 0 saturated carbocycles. The largest absolute Gasteiger partial charge is 0.465 e. The van der Waals surface area contributed by atoms with Crippen LogP contribution >= 0.6 is 27.3 Å². The first-order valence-electron chi connectivity index (χ1n) is 5.22. The summed E-state index contributed by atoms with van der Waals surface area (Å²) in [6.45, 7) is 1.85. The lowest BCUT2D eigenvalue weighted by molar-refractivity contribution is 0.0602. The van der Waals surface area contributed by atoms with Gasteiger partial charge in [0, 0.05) is 4.88 Å². The van der Waals surface area contributed by atoms with Crippen molar-refractivity contribution in [3.8, 4) is 0 Å². The minimum Gasteiger partial charge on any atom is -0.465 e. The number of hydrogen-bond acceptors (Lipinski definition) is 5. The summed E-state index contributed by atoms with van der Waals surface area (Å²) in [5.41, 5.74) is 0.635. The molecule has 100 valence electrons. The maximum absolute atomic E-state index is 12.0. The highest BCUT2D eigenvalue weighted by Crippen LogP contribution is 2.29. The van der Waals surface area contributed by atoms with Crippen LogP contribution in [0.1, 0.15) is 25.7 Å². The quantitative estimate of drug-likeness (QED) is 0.839. The zero-order valence-electron chi connectivity index (χ0n) is 10.1. The van der Waals surface area contributed by atoms with Crippen LogP contribution in [0, 0.1) is 6.92 Å². The topological polar surface area (TPSA) is 84.1 Å². The zero-order chi connectivity index (χ0) is 14.0. The fourth-order valence-corrected chi connectivity index (χ4v) is 2.73. The molecule has 0 bridgehead atoms. The number of carbonyl (C=O) groups is 2. The third-order valence-corrected chi connectivity index (χ3v) is 3.87. The van der Waals surface area contributed by atoms with Crippen molar-refractivity contribution in [3.05, 3.63) is 32.9 Å². The number of ether oxygens (including phenoxy) is 1. The second-order valence-corrected chi connectivity index (χ2v) is 5.75. The number of aromatic nitrogens is 2. The van der Waals surface area contributed by atoms with Gasteiger partial charge in [-0.15, -0.1) is 11.3 Å². The van der Waals surface area contributed by atoms with Crippen molar-refractivity contribution in [2.75, 3.05) is 12.4 Å². The first-order valence-corrected chi connectivity index (χ1v) is 6.83. The van der Waals surface area contributed by atoms with E-state index < -0.39 is 5.97 Å². The highest BCUT2D eigenvalue weighted by Gasteiger charge is 2.19. The Labute approximate surface area is 121 Å². The van der Waals surface area contributed by atoms with Gasteiger partial charge in [-0.2, -0.15) is 5.10 Å². The molecule has 8 heteroatoms. The molecule has 6 nitrogen and oxygen atoms in total. The van der Waals surface area contributed by atoms with E-state index in [0.717, 1.165) is 4.88 Å². The number of thiophene rings is 1. The molecule has 19 heavy (non-hydrogen) atoms. The minimum atomic E-state index is -0.483. The van der Waals surface area contributed by atoms with Crippen LogP contribution < -0.4 is 5.32 Å². The van der Waals surface area contributed by atoms with Gasteiger partial charge >= 0.3 is 5.97 Å². The minimum absolute atomic E-state index is 0.293. The van der Waals surface area contributed by atoms with Crippen LogP contribution in [-0.4, -0.2) is 29.2 Å². The summed E-state index contributed by atoms with van der Waals surface area (Å²) in [5, 5.41) is 9.44. The Morgan fingerprint density at radius 2 is 2.26 bits per heavy atom. The van der Waals surface area contributed by atoms with Crippen molar-refractivity contribution >= 4 is 44.1 Å². The SMILES string of the molecule is COC(=O)c1cc(C)sc1NC(=O)c1[nH]ncc1Br. The summed E-state index contributed by atoms with van der Waals surface area (Å²) in [7, 11) is 1.30. The normalized spacial score (nSPS) is 10.3. The van der Waals surface area contributed by atoms with Crippen molar-refractivity contribution in [2.45, 2.75) is 6.92 Å². The molecular weight excluding hydrogens is 334 g/mol. The summed E-state index contributed by atoms with van der Waals surface area (Å²) in [6.07, 6.45) is 1.48. The van der Waals surface area contributed by atoms with Gasteiger partial charge in [-0.3, -0.25) is 9.89 Å². The Morgan fingerprint density at radius 3 is 2.84 bits per heavy atom. The van der Waals surface area contributed by atoms with Crippen LogP contribution in [0.25, 0.3) is 0 Å². The molecule has 1 amide bonds. The number of aromatic amines is 1. The number of esters is 1. The summed E-state index contributed by atoms with van der Waals surface area (Å²) in [6, 6.07) is 1.67. The van der Waals surface area contributed by atoms with Gasteiger partial charge in [0.15, 0.2) is 0 Å². The lowest BCUT2D eigenvalue weighted by atomic mass is 10.3. The van der Waals surface area contributed by atoms with E-state index in [1.165, 1.54) is 24.6 Å². The van der Waals surface area contributed by atoms with Crippen molar-refractivity contribution in [3.63, 3.8) is 0 Å². The van der Waals surface area contributed by atoms with E-state index in [1.54, 1.807) is 6.07 Å². The number of anilines is 1. The molecule has 2 heterocycles. The number of carbonyl (C=O) groups excluding carboxylic acids is 2. The van der Waals surface area contributed by atoms with Gasteiger partial charge in [0.25, 0.3) is 5.91 Å². The highest BCUT2D eigenvalue weighted by atomic mass is 79.9. The molecule has 0 aliphatic rings. The number of halogens is 1. The molecule has 0 fully saturated rings. The molecule has 0 aliphatic carbocycles. The summed E-state index contributed by atoms with van der Waals surface area (Å²) < 4.78 is 5.23. The maximum Gasteiger partial charge on any atom is 0.340 e. The summed E-state index contributed by atoms with van der Waals surface area (Å²) in [4.78, 5) is 24.5. The third kappa shape index (κ3) is 2.85. The van der Waals surface area contributed by atoms with E-state index in [-0.39, 0.29) is 5.91 Å². The predicted molar refractivity (Wildman–Crippen MR) is 74.6 cm³/mol. The Hall–Kier alpha value is -1.67. The lowest BCUT2D eigenvalue weighted by Crippen LogP contribution is -2.14. The fraction of sp³-hybridized carbons (Fsp3) is 0.182. The van der Waals surface area contributed by atoms with Gasteiger partial charge in [0.05, 0.1) is 23.3 Å². The molecule has 2 aromatic rings. The van der Waals surface area contributed by atoms with E-state index in [1.807, 2.05) is 6.92 Å². The van der Waals surface area contributed by atoms with E-state index in [4.69, 9.17) is 0 Å². The smallest absolute Gasteiger partial charge is 0.340 e. The Morgan fingerprint density at radius 1 is 1.53 bits per heavy atom. The van der Waals surface area contributed by atoms with E-state index in [9.17, 15) is 9.59 Å². The van der Waals surface area contributed by atoms with E-state index in [2.05, 4.69) is 36.2 Å². The van der Waals surface area contributed by atoms with Crippen LogP contribution in [0.2, 0.25) is 0 Å². The molecular formula is C11H10BrN3O3S. The molecule has 0 radical (unpaired) electrons. The molecule has 2 aromatic heterocycles. The average molecular weight is 344 g/mol. The Balaban J connectivity index is 2.27. The fourth-order valence-electron chi connectivity index (χ4n) is 1.46. The number of methoxy groups -OCH3 is 1. The first-order chi connectivity index (χ1) is 9.02. The number of rotatable bonds is 3. The van der Waals surface area contributed by atoms with Crippen molar-refractivity contribution < 1.29 is 14.3 Å². The first kappa shape index (κ1) is 13.8. The van der Waals surface area contributed by atoms with E-state index in [0.29, 0.717) is 20.7 Å². The number of amides is 1. The average Bonchev–Trinajstić information content (AvgIpc) is 2.94. The highest BCUT2D eigenvalue weighted by molar-refractivity contribution is 9.10. The van der Waals surface area contributed by atoms with Crippen LogP contribution in [0.5, 0.6) is 0 Å². The van der Waals surface area contributed by atoms with Crippen LogP contribution in [0.3, 0.4) is 0 Å². The lowest BCUT2D eigenvalue weighted by Gasteiger charge is -2.04. The van der Waals surface area contributed by atoms with Gasteiger partial charge in [0.2, 0.25) is 0 Å². The zero-order valence-corrected chi connectivity index (χ0v) is 12.5. The van der Waals surface area contributed by atoms with Gasteiger partial charge in [0.1, 0.15) is 10.7 Å². The molecule has 0 aromatic carbocycles. The van der Waals surface area contributed by atoms with Crippen LogP contribution in [0.15, 0.2) is 16.7 Å². The monoisotopic (exact) mass is 343 g/mol.